The minimum absolute atomic E-state index is 0.00171. The highest BCUT2D eigenvalue weighted by atomic mass is 35.5. The van der Waals surface area contributed by atoms with E-state index in [1.54, 1.807) is 18.2 Å². The van der Waals surface area contributed by atoms with Crippen LogP contribution in [0, 0.1) is 0 Å². The first-order chi connectivity index (χ1) is 12.4. The summed E-state index contributed by atoms with van der Waals surface area (Å²) in [5, 5.41) is 6.24. The molecule has 0 spiro atoms. The predicted octanol–water partition coefficient (Wildman–Crippen LogP) is 2.85. The molecule has 0 aromatic heterocycles. The molecule has 8 heteroatoms. The molecule has 0 radical (unpaired) electrons. The van der Waals surface area contributed by atoms with Gasteiger partial charge in [-0.15, -0.1) is 0 Å². The maximum absolute atomic E-state index is 12.1. The van der Waals surface area contributed by atoms with E-state index in [0.29, 0.717) is 28.6 Å². The van der Waals surface area contributed by atoms with Crippen molar-refractivity contribution in [1.29, 1.82) is 0 Å². The van der Waals surface area contributed by atoms with Crippen LogP contribution in [-0.2, 0) is 14.6 Å². The summed E-state index contributed by atoms with van der Waals surface area (Å²) in [4.78, 5) is 12.1. The van der Waals surface area contributed by atoms with E-state index in [1.165, 1.54) is 0 Å². The van der Waals surface area contributed by atoms with Crippen molar-refractivity contribution in [3.05, 3.63) is 53.6 Å². The van der Waals surface area contributed by atoms with Crippen molar-refractivity contribution < 1.29 is 17.9 Å². The van der Waals surface area contributed by atoms with Crippen LogP contribution in [0.2, 0.25) is 5.02 Å². The highest BCUT2D eigenvalue weighted by Crippen LogP contribution is 2.31. The zero-order valence-electron chi connectivity index (χ0n) is 13.9. The van der Waals surface area contributed by atoms with Gasteiger partial charge < -0.3 is 15.4 Å². The first-order valence-electron chi connectivity index (χ1n) is 8.17. The Morgan fingerprint density at radius 2 is 1.96 bits per heavy atom. The molecular weight excluding hydrogens is 376 g/mol. The summed E-state index contributed by atoms with van der Waals surface area (Å²) in [5.74, 6) is 1.04. The van der Waals surface area contributed by atoms with Gasteiger partial charge in [0.2, 0.25) is 5.91 Å². The summed E-state index contributed by atoms with van der Waals surface area (Å²) in [7, 11) is -3.03. The lowest BCUT2D eigenvalue weighted by Gasteiger charge is -2.15. The van der Waals surface area contributed by atoms with Crippen LogP contribution in [0.3, 0.4) is 0 Å². The molecule has 26 heavy (non-hydrogen) atoms. The number of benzene rings is 2. The standard InChI is InChI=1S/C18H19ClN2O4S/c19-13-6-7-17(25-15-4-2-1-3-5-15)16(10-13)20-11-18(22)21-14-8-9-26(23,24)12-14/h1-7,10,14,20H,8-9,11-12H2,(H,21,22)/t14-/m0/s1. The van der Waals surface area contributed by atoms with E-state index in [-0.39, 0.29) is 30.0 Å². The highest BCUT2D eigenvalue weighted by molar-refractivity contribution is 7.91. The molecule has 3 rings (SSSR count). The van der Waals surface area contributed by atoms with Gasteiger partial charge in [0.1, 0.15) is 5.75 Å². The lowest BCUT2D eigenvalue weighted by atomic mass is 10.2. The molecule has 2 N–H and O–H groups in total. The van der Waals surface area contributed by atoms with Gasteiger partial charge in [-0.05, 0) is 36.8 Å². The summed E-state index contributed by atoms with van der Waals surface area (Å²) in [6.07, 6.45) is 0.452. The maximum Gasteiger partial charge on any atom is 0.239 e. The van der Waals surface area contributed by atoms with E-state index in [1.807, 2.05) is 30.3 Å². The number of rotatable bonds is 6. The Morgan fingerprint density at radius 3 is 2.65 bits per heavy atom. The molecule has 0 unspecified atom stereocenters. The van der Waals surface area contributed by atoms with E-state index < -0.39 is 9.84 Å². The van der Waals surface area contributed by atoms with Crippen LogP contribution in [0.4, 0.5) is 5.69 Å². The van der Waals surface area contributed by atoms with Gasteiger partial charge in [-0.3, -0.25) is 4.79 Å². The van der Waals surface area contributed by atoms with Crippen molar-refractivity contribution in [2.75, 3.05) is 23.4 Å². The number of ether oxygens (including phenoxy) is 1. The maximum atomic E-state index is 12.1. The Labute approximate surface area is 157 Å². The Kier molecular flexibility index (Phi) is 5.68. The normalized spacial score (nSPS) is 18.3. The third-order valence-corrected chi connectivity index (χ3v) is 5.95. The van der Waals surface area contributed by atoms with Crippen LogP contribution in [0.1, 0.15) is 6.42 Å². The van der Waals surface area contributed by atoms with Crippen molar-refractivity contribution in [2.24, 2.45) is 0 Å². The largest absolute Gasteiger partial charge is 0.455 e. The summed E-state index contributed by atoms with van der Waals surface area (Å²) < 4.78 is 28.7. The second-order valence-electron chi connectivity index (χ2n) is 6.08. The summed E-state index contributed by atoms with van der Waals surface area (Å²) in [6.45, 7) is -0.0119. The zero-order chi connectivity index (χ0) is 18.6. The fourth-order valence-electron chi connectivity index (χ4n) is 2.71. The average molecular weight is 395 g/mol. The number of para-hydroxylation sites is 1. The molecule has 1 saturated heterocycles. The number of halogens is 1. The molecule has 6 nitrogen and oxygen atoms in total. The summed E-state index contributed by atoms with van der Waals surface area (Å²) in [6, 6.07) is 14.0. The Bertz CT molecular complexity index is 887. The molecule has 1 aliphatic rings. The van der Waals surface area contributed by atoms with Crippen LogP contribution >= 0.6 is 11.6 Å². The topological polar surface area (TPSA) is 84.5 Å². The first kappa shape index (κ1) is 18.5. The van der Waals surface area contributed by atoms with Gasteiger partial charge >= 0.3 is 0 Å². The second-order valence-corrected chi connectivity index (χ2v) is 8.74. The van der Waals surface area contributed by atoms with Crippen molar-refractivity contribution in [3.8, 4) is 11.5 Å². The SMILES string of the molecule is O=C(CNc1cc(Cl)ccc1Oc1ccccc1)N[C@H]1CCS(=O)(=O)C1. The fraction of sp³-hybridized carbons (Fsp3) is 0.278. The van der Waals surface area contributed by atoms with Gasteiger partial charge in [-0.1, -0.05) is 29.8 Å². The third-order valence-electron chi connectivity index (χ3n) is 3.95. The van der Waals surface area contributed by atoms with E-state index in [2.05, 4.69) is 10.6 Å². The van der Waals surface area contributed by atoms with Gasteiger partial charge in [0.15, 0.2) is 15.6 Å². The number of hydrogen-bond donors (Lipinski definition) is 2. The molecule has 1 aliphatic heterocycles. The second kappa shape index (κ2) is 7.97. The molecule has 1 amide bonds. The molecule has 2 aromatic carbocycles. The van der Waals surface area contributed by atoms with Crippen molar-refractivity contribution in [1.82, 2.24) is 5.32 Å². The third kappa shape index (κ3) is 5.12. The monoisotopic (exact) mass is 394 g/mol. The fourth-order valence-corrected chi connectivity index (χ4v) is 4.55. The molecule has 0 saturated carbocycles. The van der Waals surface area contributed by atoms with Crippen LogP contribution in [0.5, 0.6) is 11.5 Å². The van der Waals surface area contributed by atoms with E-state index >= 15 is 0 Å². The van der Waals surface area contributed by atoms with Crippen molar-refractivity contribution in [3.63, 3.8) is 0 Å². The number of amides is 1. The molecule has 138 valence electrons. The molecule has 1 fully saturated rings. The molecule has 2 aromatic rings. The van der Waals surface area contributed by atoms with Gasteiger partial charge in [0.05, 0.1) is 23.7 Å². The van der Waals surface area contributed by atoms with Crippen LogP contribution in [-0.4, -0.2) is 38.4 Å². The van der Waals surface area contributed by atoms with Crippen LogP contribution < -0.4 is 15.4 Å². The number of anilines is 1. The molecule has 0 bridgehead atoms. The van der Waals surface area contributed by atoms with E-state index in [4.69, 9.17) is 16.3 Å². The Balaban J connectivity index is 1.62. The molecule has 1 atom stereocenters. The minimum Gasteiger partial charge on any atom is -0.455 e. The number of hydrogen-bond acceptors (Lipinski definition) is 5. The highest BCUT2D eigenvalue weighted by Gasteiger charge is 2.28. The predicted molar refractivity (Wildman–Crippen MR) is 102 cm³/mol. The molecule has 1 heterocycles. The average Bonchev–Trinajstić information content (AvgIpc) is 2.94. The van der Waals surface area contributed by atoms with E-state index in [9.17, 15) is 13.2 Å². The first-order valence-corrected chi connectivity index (χ1v) is 10.4. The Morgan fingerprint density at radius 1 is 1.19 bits per heavy atom. The van der Waals surface area contributed by atoms with Crippen LogP contribution in [0.15, 0.2) is 48.5 Å². The molecular formula is C18H19ClN2O4S. The van der Waals surface area contributed by atoms with Crippen LogP contribution in [0.25, 0.3) is 0 Å². The lowest BCUT2D eigenvalue weighted by molar-refractivity contribution is -0.119. The smallest absolute Gasteiger partial charge is 0.239 e. The van der Waals surface area contributed by atoms with Gasteiger partial charge in [-0.25, -0.2) is 8.42 Å². The van der Waals surface area contributed by atoms with E-state index in [0.717, 1.165) is 0 Å². The molecule has 0 aliphatic carbocycles. The number of nitrogens with one attached hydrogen (secondary N) is 2. The number of carbonyl (C=O) groups excluding carboxylic acids is 1. The summed E-state index contributed by atoms with van der Waals surface area (Å²) in [5.41, 5.74) is 0.579. The summed E-state index contributed by atoms with van der Waals surface area (Å²) >= 11 is 6.04. The van der Waals surface area contributed by atoms with Gasteiger partial charge in [-0.2, -0.15) is 0 Å². The van der Waals surface area contributed by atoms with Crippen molar-refractivity contribution >= 4 is 33.0 Å². The lowest BCUT2D eigenvalue weighted by Crippen LogP contribution is -2.39. The van der Waals surface area contributed by atoms with Crippen molar-refractivity contribution in [2.45, 2.75) is 12.5 Å². The Hall–Kier alpha value is -2.25. The van der Waals surface area contributed by atoms with Gasteiger partial charge in [0.25, 0.3) is 0 Å². The zero-order valence-corrected chi connectivity index (χ0v) is 15.5. The van der Waals surface area contributed by atoms with Gasteiger partial charge in [0, 0.05) is 11.1 Å². The minimum atomic E-state index is -3.03. The number of sulfone groups is 1. The quantitative estimate of drug-likeness (QED) is 0.787. The number of carbonyl (C=O) groups is 1.